The number of nitrogens with zero attached hydrogens (tertiary/aromatic N) is 4. The molecule has 12 nitrogen and oxygen atoms in total. The highest BCUT2D eigenvalue weighted by Gasteiger charge is 2.22. The summed E-state index contributed by atoms with van der Waals surface area (Å²) in [6.45, 7) is 0.913. The number of hydrogen-bond acceptors (Lipinski definition) is 10. The van der Waals surface area contributed by atoms with Crippen molar-refractivity contribution in [3.63, 3.8) is 0 Å². The molecule has 0 radical (unpaired) electrons. The Kier molecular flexibility index (Phi) is 14.7. The number of methoxy groups -OCH3 is 1. The number of ether oxygens (including phenoxy) is 2. The average Bonchev–Trinajstić information content (AvgIpc) is 3.11. The van der Waals surface area contributed by atoms with Crippen molar-refractivity contribution in [1.82, 2.24) is 30.2 Å². The summed E-state index contributed by atoms with van der Waals surface area (Å²) in [6, 6.07) is 14.5. The summed E-state index contributed by atoms with van der Waals surface area (Å²) in [4.78, 5) is 62.3. The molecule has 1 atom stereocenters. The molecule has 2 N–H and O–H groups in total. The van der Waals surface area contributed by atoms with Crippen LogP contribution in [0.3, 0.4) is 0 Å². The molecule has 0 saturated heterocycles. The van der Waals surface area contributed by atoms with Crippen LogP contribution in [0.1, 0.15) is 54.4 Å². The Morgan fingerprint density at radius 1 is 0.959 bits per heavy atom. The third-order valence-electron chi connectivity index (χ3n) is 7.35. The molecule has 0 aliphatic heterocycles. The topological polar surface area (TPSA) is 154 Å². The average molecular weight is 691 g/mol. The molecule has 0 saturated carbocycles. The summed E-state index contributed by atoms with van der Waals surface area (Å²) in [6.07, 6.45) is 8.26. The molecule has 4 rings (SSSR count). The molecule has 2 heterocycles. The number of unbranched alkanes of at least 4 members (excludes halogenated alkanes) is 1. The van der Waals surface area contributed by atoms with E-state index in [1.54, 1.807) is 30.7 Å². The van der Waals surface area contributed by atoms with Crippen molar-refractivity contribution in [1.29, 1.82) is 0 Å². The Morgan fingerprint density at radius 2 is 1.71 bits per heavy atom. The first kappa shape index (κ1) is 36.7. The first-order valence-electron chi connectivity index (χ1n) is 15.8. The van der Waals surface area contributed by atoms with Gasteiger partial charge in [-0.1, -0.05) is 54.2 Å². The molecule has 2 aromatic heterocycles. The molecule has 258 valence electrons. The first-order valence-corrected chi connectivity index (χ1v) is 16.8. The van der Waals surface area contributed by atoms with E-state index >= 15 is 0 Å². The smallest absolute Gasteiger partial charge is 0.408 e. The Bertz CT molecular complexity index is 1710. The number of halogens is 1. The van der Waals surface area contributed by atoms with Crippen LogP contribution in [0.2, 0.25) is 0 Å². The lowest BCUT2D eigenvalue weighted by molar-refractivity contribution is -0.143. The zero-order valence-electron chi connectivity index (χ0n) is 27.2. The van der Waals surface area contributed by atoms with E-state index < -0.39 is 18.1 Å². The molecule has 2 aromatic carbocycles. The number of aromatic nitrogens is 4. The molecule has 4 aromatic rings. The van der Waals surface area contributed by atoms with E-state index in [1.807, 2.05) is 34.9 Å². The van der Waals surface area contributed by atoms with Gasteiger partial charge in [-0.25, -0.2) is 23.9 Å². The van der Waals surface area contributed by atoms with Crippen LogP contribution in [-0.2, 0) is 44.4 Å². The van der Waals surface area contributed by atoms with Crippen molar-refractivity contribution >= 4 is 29.7 Å². The number of aryl methyl sites for hydroxylation is 1. The van der Waals surface area contributed by atoms with Crippen molar-refractivity contribution in [2.75, 3.05) is 13.7 Å². The lowest BCUT2D eigenvalue weighted by Crippen LogP contribution is -2.41. The number of amides is 2. The molecule has 14 heteroatoms. The maximum Gasteiger partial charge on any atom is 0.408 e. The predicted octanol–water partition coefficient (Wildman–Crippen LogP) is 4.59. The third-order valence-corrected chi connectivity index (χ3v) is 8.42. The molecule has 0 spiro atoms. The highest BCUT2D eigenvalue weighted by atomic mass is 32.2. The van der Waals surface area contributed by atoms with Gasteiger partial charge in [-0.3, -0.25) is 9.59 Å². The molecule has 0 unspecified atom stereocenters. The van der Waals surface area contributed by atoms with Crippen LogP contribution >= 0.6 is 11.8 Å². The number of alkyl carbamates (subject to hydrolysis) is 1. The molecular weight excluding hydrogens is 651 g/mol. The number of benzene rings is 2. The van der Waals surface area contributed by atoms with Crippen molar-refractivity contribution in [3.05, 3.63) is 118 Å². The van der Waals surface area contributed by atoms with Gasteiger partial charge in [0.1, 0.15) is 24.8 Å². The summed E-state index contributed by atoms with van der Waals surface area (Å²) in [7, 11) is 1.25. The maximum absolute atomic E-state index is 13.4. The van der Waals surface area contributed by atoms with Crippen LogP contribution in [0.5, 0.6) is 0 Å². The van der Waals surface area contributed by atoms with Crippen molar-refractivity contribution in [2.24, 2.45) is 0 Å². The fraction of sp³-hybridized carbons (Fsp3) is 0.343. The lowest BCUT2D eigenvalue weighted by atomic mass is 10.1. The van der Waals surface area contributed by atoms with E-state index in [4.69, 9.17) is 9.47 Å². The Balaban J connectivity index is 1.23. The fourth-order valence-electron chi connectivity index (χ4n) is 4.79. The van der Waals surface area contributed by atoms with E-state index in [1.165, 1.54) is 37.3 Å². The van der Waals surface area contributed by atoms with Gasteiger partial charge >= 0.3 is 12.1 Å². The zero-order valence-corrected chi connectivity index (χ0v) is 28.0. The Labute approximate surface area is 287 Å². The van der Waals surface area contributed by atoms with E-state index in [2.05, 4.69) is 25.6 Å². The second-order valence-corrected chi connectivity index (χ2v) is 12.1. The summed E-state index contributed by atoms with van der Waals surface area (Å²) < 4.78 is 25.3. The lowest BCUT2D eigenvalue weighted by Gasteiger charge is -2.16. The van der Waals surface area contributed by atoms with Crippen molar-refractivity contribution in [3.8, 4) is 0 Å². The van der Waals surface area contributed by atoms with Crippen LogP contribution in [0.25, 0.3) is 0 Å². The second-order valence-electron chi connectivity index (χ2n) is 11.1. The number of rotatable bonds is 18. The highest BCUT2D eigenvalue weighted by Crippen LogP contribution is 2.22. The number of carbonyl (C=O) groups excluding carboxylic acids is 3. The fourth-order valence-corrected chi connectivity index (χ4v) is 5.73. The number of hydrogen-bond donors (Lipinski definition) is 2. The summed E-state index contributed by atoms with van der Waals surface area (Å²) in [5.74, 6) is -0.549. The standard InChI is InChI=1S/C35H39FN6O6S/c1-47-33(45)30(40-35(46)48-22-25-8-3-2-4-9-25)10-5-6-16-39-31(43)11-7-17-42-21-28(18-27-19-37-24-38-20-27)32(44)41-34(42)49-23-26-12-14-29(36)15-13-26/h2-4,8-9,12-15,19-21,24,30H,5-7,10-11,16-18,22-23H2,1H3,(H,39,43)(H,40,46)/t30-/m1/s1. The van der Waals surface area contributed by atoms with Crippen LogP contribution < -0.4 is 16.2 Å². The zero-order chi connectivity index (χ0) is 34.8. The highest BCUT2D eigenvalue weighted by molar-refractivity contribution is 7.98. The Morgan fingerprint density at radius 3 is 2.45 bits per heavy atom. The van der Waals surface area contributed by atoms with Crippen LogP contribution in [-0.4, -0.2) is 57.2 Å². The second kappa shape index (κ2) is 19.6. The molecule has 0 aliphatic rings. The number of esters is 1. The predicted molar refractivity (Wildman–Crippen MR) is 181 cm³/mol. The maximum atomic E-state index is 13.4. The van der Waals surface area contributed by atoms with Gasteiger partial charge in [0.2, 0.25) is 5.91 Å². The van der Waals surface area contributed by atoms with Gasteiger partial charge in [0.05, 0.1) is 7.11 Å². The van der Waals surface area contributed by atoms with Gasteiger partial charge < -0.3 is 24.7 Å². The van der Waals surface area contributed by atoms with Crippen LogP contribution in [0.4, 0.5) is 9.18 Å². The van der Waals surface area contributed by atoms with Gasteiger partial charge in [-0.05, 0) is 54.5 Å². The van der Waals surface area contributed by atoms with Gasteiger partial charge in [-0.2, -0.15) is 4.98 Å². The minimum absolute atomic E-state index is 0.0754. The van der Waals surface area contributed by atoms with Crippen LogP contribution in [0, 0.1) is 5.82 Å². The van der Waals surface area contributed by atoms with Gasteiger partial charge in [-0.15, -0.1) is 0 Å². The van der Waals surface area contributed by atoms with Gasteiger partial charge in [0.25, 0.3) is 5.56 Å². The van der Waals surface area contributed by atoms with E-state index in [0.29, 0.717) is 61.7 Å². The quantitative estimate of drug-likeness (QED) is 0.0656. The van der Waals surface area contributed by atoms with E-state index in [0.717, 1.165) is 16.7 Å². The van der Waals surface area contributed by atoms with Gasteiger partial charge in [0.15, 0.2) is 5.16 Å². The minimum Gasteiger partial charge on any atom is -0.467 e. The molecule has 2 amide bonds. The normalized spacial score (nSPS) is 11.4. The minimum atomic E-state index is -0.871. The number of carbonyl (C=O) groups is 3. The van der Waals surface area contributed by atoms with E-state index in [9.17, 15) is 23.6 Å². The summed E-state index contributed by atoms with van der Waals surface area (Å²) in [5.41, 5.74) is 2.61. The molecule has 0 fully saturated rings. The molecular formula is C35H39FN6O6S. The van der Waals surface area contributed by atoms with E-state index in [-0.39, 0.29) is 30.3 Å². The number of nitrogens with one attached hydrogen (secondary N) is 2. The molecule has 0 aliphatic carbocycles. The summed E-state index contributed by atoms with van der Waals surface area (Å²) >= 11 is 1.36. The molecule has 49 heavy (non-hydrogen) atoms. The van der Waals surface area contributed by atoms with Gasteiger partial charge in [0, 0.05) is 55.8 Å². The largest absolute Gasteiger partial charge is 0.467 e. The summed E-state index contributed by atoms with van der Waals surface area (Å²) in [5, 5.41) is 5.95. The monoisotopic (exact) mass is 690 g/mol. The first-order chi connectivity index (χ1) is 23.8. The molecule has 0 bridgehead atoms. The number of thioether (sulfide) groups is 1. The Hall–Kier alpha value is -5.11. The third kappa shape index (κ3) is 12.8. The SMILES string of the molecule is COC(=O)[C@@H](CCCCNC(=O)CCCn1cc(Cc2cncnc2)c(=O)nc1SCc1ccc(F)cc1)NC(=O)OCc1ccccc1. The van der Waals surface area contributed by atoms with Crippen LogP contribution in [0.15, 0.2) is 89.5 Å². The van der Waals surface area contributed by atoms with Crippen molar-refractivity contribution < 1.29 is 28.2 Å². The van der Waals surface area contributed by atoms with Crippen molar-refractivity contribution in [2.45, 2.75) is 68.6 Å².